The molecule has 0 saturated heterocycles. The quantitative estimate of drug-likeness (QED) is 0.865. The van der Waals surface area contributed by atoms with Gasteiger partial charge in [-0.25, -0.2) is 0 Å². The van der Waals surface area contributed by atoms with Crippen molar-refractivity contribution in [1.82, 2.24) is 15.1 Å². The molecule has 0 fully saturated rings. The molecule has 1 aromatic heterocycles. The molecule has 0 saturated carbocycles. The average molecular weight is 295 g/mol. The minimum Gasteiger partial charge on any atom is -0.337 e. The normalized spacial score (nSPS) is 16.3. The zero-order chi connectivity index (χ0) is 14.5. The van der Waals surface area contributed by atoms with Crippen molar-refractivity contribution < 1.29 is 4.79 Å². The molecule has 1 aromatic rings. The summed E-state index contributed by atoms with van der Waals surface area (Å²) in [5.74, 6) is 0.221. The number of carbonyl (C=O) groups excluding carboxylic acids is 1. The van der Waals surface area contributed by atoms with Gasteiger partial charge in [0.25, 0.3) is 0 Å². The van der Waals surface area contributed by atoms with E-state index >= 15 is 0 Å². The minimum absolute atomic E-state index is 0.221. The van der Waals surface area contributed by atoms with Crippen LogP contribution in [0.4, 0.5) is 0 Å². The third kappa shape index (κ3) is 4.30. The van der Waals surface area contributed by atoms with Crippen LogP contribution in [-0.2, 0) is 17.8 Å². The zero-order valence-corrected chi connectivity index (χ0v) is 13.5. The monoisotopic (exact) mass is 295 g/mol. The number of amides is 1. The van der Waals surface area contributed by atoms with Crippen LogP contribution in [0.5, 0.6) is 0 Å². The van der Waals surface area contributed by atoms with E-state index in [1.807, 2.05) is 16.2 Å². The Kier molecular flexibility index (Phi) is 5.57. The molecule has 1 atom stereocenters. The van der Waals surface area contributed by atoms with Gasteiger partial charge in [-0.3, -0.25) is 4.79 Å². The van der Waals surface area contributed by atoms with Gasteiger partial charge in [0.2, 0.25) is 5.91 Å². The van der Waals surface area contributed by atoms with E-state index < -0.39 is 0 Å². The molecule has 0 bridgehead atoms. The molecule has 112 valence electrons. The number of nitrogens with one attached hydrogen (secondary N) is 1. The molecule has 0 aromatic carbocycles. The third-order valence-corrected chi connectivity index (χ3v) is 4.79. The highest BCUT2D eigenvalue weighted by atomic mass is 32.1. The van der Waals surface area contributed by atoms with Crippen molar-refractivity contribution in [2.75, 3.05) is 33.7 Å². The second kappa shape index (κ2) is 7.20. The molecule has 4 nitrogen and oxygen atoms in total. The first-order chi connectivity index (χ1) is 9.56. The van der Waals surface area contributed by atoms with Gasteiger partial charge in [-0.1, -0.05) is 0 Å². The Balaban J connectivity index is 1.73. The van der Waals surface area contributed by atoms with Crippen molar-refractivity contribution in [3.05, 3.63) is 21.9 Å². The predicted molar refractivity (Wildman–Crippen MR) is 84.1 cm³/mol. The van der Waals surface area contributed by atoms with Gasteiger partial charge >= 0.3 is 0 Å². The smallest absolute Gasteiger partial charge is 0.236 e. The summed E-state index contributed by atoms with van der Waals surface area (Å²) in [4.78, 5) is 17.8. The second-order valence-electron chi connectivity index (χ2n) is 5.81. The first kappa shape index (κ1) is 15.5. The van der Waals surface area contributed by atoms with Crippen LogP contribution in [-0.4, -0.2) is 55.5 Å². The van der Waals surface area contributed by atoms with Crippen molar-refractivity contribution in [3.63, 3.8) is 0 Å². The van der Waals surface area contributed by atoms with Crippen LogP contribution in [0.2, 0.25) is 0 Å². The molecule has 5 heteroatoms. The molecule has 0 radical (unpaired) electrons. The Hall–Kier alpha value is -0.910. The van der Waals surface area contributed by atoms with E-state index in [2.05, 4.69) is 42.7 Å². The van der Waals surface area contributed by atoms with Crippen LogP contribution in [0, 0.1) is 0 Å². The average Bonchev–Trinajstić information content (AvgIpc) is 2.89. The number of hydrogen-bond donors (Lipinski definition) is 1. The SMILES string of the molecule is CC(CCN(C)C)NCC(=O)N1CCc2sccc2C1. The standard InChI is InChI=1S/C15H25N3OS/c1-12(4-7-17(2)3)16-10-15(19)18-8-5-14-13(11-18)6-9-20-14/h6,9,12,16H,4-5,7-8,10-11H2,1-3H3. The topological polar surface area (TPSA) is 35.6 Å². The third-order valence-electron chi connectivity index (χ3n) is 3.77. The van der Waals surface area contributed by atoms with E-state index in [0.29, 0.717) is 12.6 Å². The lowest BCUT2D eigenvalue weighted by atomic mass is 10.1. The molecule has 1 aliphatic heterocycles. The first-order valence-corrected chi connectivity index (χ1v) is 8.15. The maximum absolute atomic E-state index is 12.2. The summed E-state index contributed by atoms with van der Waals surface area (Å²) in [5.41, 5.74) is 1.33. The molecule has 2 rings (SSSR count). The number of fused-ring (bicyclic) bond motifs is 1. The Morgan fingerprint density at radius 2 is 2.35 bits per heavy atom. The Morgan fingerprint density at radius 3 is 3.10 bits per heavy atom. The lowest BCUT2D eigenvalue weighted by Crippen LogP contribution is -2.43. The molecule has 1 N–H and O–H groups in total. The van der Waals surface area contributed by atoms with E-state index in [1.165, 1.54) is 10.4 Å². The Morgan fingerprint density at radius 1 is 1.55 bits per heavy atom. The highest BCUT2D eigenvalue weighted by molar-refractivity contribution is 7.10. The maximum Gasteiger partial charge on any atom is 0.236 e. The van der Waals surface area contributed by atoms with Crippen molar-refractivity contribution in [1.29, 1.82) is 0 Å². The van der Waals surface area contributed by atoms with Gasteiger partial charge in [0.15, 0.2) is 0 Å². The summed E-state index contributed by atoms with van der Waals surface area (Å²) in [6, 6.07) is 2.52. The van der Waals surface area contributed by atoms with Crippen LogP contribution < -0.4 is 5.32 Å². The molecule has 0 spiro atoms. The molecule has 1 aliphatic rings. The molecule has 1 unspecified atom stereocenters. The van der Waals surface area contributed by atoms with Crippen LogP contribution in [0.1, 0.15) is 23.8 Å². The Labute approximate surface area is 125 Å². The molecule has 20 heavy (non-hydrogen) atoms. The number of nitrogens with zero attached hydrogens (tertiary/aromatic N) is 2. The highest BCUT2D eigenvalue weighted by Gasteiger charge is 2.21. The fourth-order valence-corrected chi connectivity index (χ4v) is 3.28. The van der Waals surface area contributed by atoms with E-state index in [1.54, 1.807) is 0 Å². The lowest BCUT2D eigenvalue weighted by molar-refractivity contribution is -0.131. The van der Waals surface area contributed by atoms with Crippen molar-refractivity contribution in [2.45, 2.75) is 32.4 Å². The van der Waals surface area contributed by atoms with E-state index in [-0.39, 0.29) is 5.91 Å². The number of rotatable bonds is 6. The van der Waals surface area contributed by atoms with Gasteiger partial charge in [0.05, 0.1) is 6.54 Å². The molecule has 2 heterocycles. The summed E-state index contributed by atoms with van der Waals surface area (Å²) in [6.07, 6.45) is 2.07. The lowest BCUT2D eigenvalue weighted by Gasteiger charge is -2.28. The summed E-state index contributed by atoms with van der Waals surface area (Å²) < 4.78 is 0. The van der Waals surface area contributed by atoms with Gasteiger partial charge in [-0.15, -0.1) is 11.3 Å². The maximum atomic E-state index is 12.2. The van der Waals surface area contributed by atoms with Crippen molar-refractivity contribution >= 4 is 17.2 Å². The highest BCUT2D eigenvalue weighted by Crippen LogP contribution is 2.23. The molecular weight excluding hydrogens is 270 g/mol. The number of thiophene rings is 1. The molecule has 1 amide bonds. The van der Waals surface area contributed by atoms with Gasteiger partial charge in [-0.05, 0) is 57.4 Å². The Bertz CT molecular complexity index is 444. The molecular formula is C15H25N3OS. The van der Waals surface area contributed by atoms with Gasteiger partial charge in [0.1, 0.15) is 0 Å². The van der Waals surface area contributed by atoms with Gasteiger partial charge < -0.3 is 15.1 Å². The molecule has 0 aliphatic carbocycles. The summed E-state index contributed by atoms with van der Waals surface area (Å²) in [6.45, 7) is 5.29. The largest absolute Gasteiger partial charge is 0.337 e. The summed E-state index contributed by atoms with van der Waals surface area (Å²) in [5, 5.41) is 5.46. The fraction of sp³-hybridized carbons (Fsp3) is 0.667. The van der Waals surface area contributed by atoms with Gasteiger partial charge in [-0.2, -0.15) is 0 Å². The first-order valence-electron chi connectivity index (χ1n) is 7.27. The number of hydrogen-bond acceptors (Lipinski definition) is 4. The fourth-order valence-electron chi connectivity index (χ4n) is 2.39. The van der Waals surface area contributed by atoms with E-state index in [0.717, 1.165) is 32.5 Å². The minimum atomic E-state index is 0.221. The predicted octanol–water partition coefficient (Wildman–Crippen LogP) is 1.56. The van der Waals surface area contributed by atoms with Crippen molar-refractivity contribution in [2.24, 2.45) is 0 Å². The van der Waals surface area contributed by atoms with Crippen LogP contribution in [0.3, 0.4) is 0 Å². The van der Waals surface area contributed by atoms with Crippen molar-refractivity contribution in [3.8, 4) is 0 Å². The summed E-state index contributed by atoms with van der Waals surface area (Å²) >= 11 is 1.81. The van der Waals surface area contributed by atoms with E-state index in [9.17, 15) is 4.79 Å². The summed E-state index contributed by atoms with van der Waals surface area (Å²) in [7, 11) is 4.15. The van der Waals surface area contributed by atoms with Crippen LogP contribution >= 0.6 is 11.3 Å². The van der Waals surface area contributed by atoms with Crippen LogP contribution in [0.25, 0.3) is 0 Å². The number of carbonyl (C=O) groups is 1. The van der Waals surface area contributed by atoms with Crippen LogP contribution in [0.15, 0.2) is 11.4 Å². The van der Waals surface area contributed by atoms with E-state index in [4.69, 9.17) is 0 Å². The zero-order valence-electron chi connectivity index (χ0n) is 12.7. The second-order valence-corrected chi connectivity index (χ2v) is 6.81. The van der Waals surface area contributed by atoms with Gasteiger partial charge in [0, 0.05) is 24.0 Å².